The number of phenolic OH excluding ortho intramolecular Hbond substituents is 1. The molecule has 0 radical (unpaired) electrons. The molecular weight excluding hydrogens is 230 g/mol. The zero-order chi connectivity index (χ0) is 12.8. The summed E-state index contributed by atoms with van der Waals surface area (Å²) in [6.45, 7) is 0.334. The standard InChI is InChI=1S/C13H13N3O2/c17-12-6-2-1-4-10(12)8-13(18)14-9-11-5-3-7-15-16-11/h1-7,17H,8-9H2,(H,14,18). The number of aromatic nitrogens is 2. The molecule has 0 bridgehead atoms. The molecule has 0 aliphatic heterocycles. The highest BCUT2D eigenvalue weighted by Crippen LogP contribution is 2.15. The third-order valence-electron chi connectivity index (χ3n) is 2.44. The predicted molar refractivity (Wildman–Crippen MR) is 65.7 cm³/mol. The van der Waals surface area contributed by atoms with E-state index in [0.717, 1.165) is 0 Å². The third-order valence-corrected chi connectivity index (χ3v) is 2.44. The molecule has 2 aromatic rings. The van der Waals surface area contributed by atoms with Gasteiger partial charge in [-0.05, 0) is 18.2 Å². The van der Waals surface area contributed by atoms with Crippen LogP contribution in [0.1, 0.15) is 11.3 Å². The van der Waals surface area contributed by atoms with Gasteiger partial charge in [-0.25, -0.2) is 0 Å². The monoisotopic (exact) mass is 243 g/mol. The van der Waals surface area contributed by atoms with Crippen molar-refractivity contribution in [3.63, 3.8) is 0 Å². The second kappa shape index (κ2) is 5.77. The number of hydrogen-bond acceptors (Lipinski definition) is 4. The van der Waals surface area contributed by atoms with E-state index in [1.807, 2.05) is 0 Å². The number of carbonyl (C=O) groups is 1. The smallest absolute Gasteiger partial charge is 0.224 e. The summed E-state index contributed by atoms with van der Waals surface area (Å²) in [5, 5.41) is 19.8. The fourth-order valence-electron chi connectivity index (χ4n) is 1.51. The Morgan fingerprint density at radius 3 is 2.78 bits per heavy atom. The number of amides is 1. The van der Waals surface area contributed by atoms with Crippen molar-refractivity contribution in [3.05, 3.63) is 53.9 Å². The number of phenols is 1. The van der Waals surface area contributed by atoms with Crippen LogP contribution in [0.4, 0.5) is 0 Å². The van der Waals surface area contributed by atoms with Gasteiger partial charge in [0.1, 0.15) is 5.75 Å². The summed E-state index contributed by atoms with van der Waals surface area (Å²) in [5.41, 5.74) is 1.30. The van der Waals surface area contributed by atoms with Gasteiger partial charge in [-0.3, -0.25) is 4.79 Å². The number of benzene rings is 1. The molecule has 0 aliphatic rings. The minimum Gasteiger partial charge on any atom is -0.508 e. The lowest BCUT2D eigenvalue weighted by molar-refractivity contribution is -0.120. The van der Waals surface area contributed by atoms with Gasteiger partial charge in [0.15, 0.2) is 0 Å². The van der Waals surface area contributed by atoms with Gasteiger partial charge in [-0.15, -0.1) is 0 Å². The van der Waals surface area contributed by atoms with Crippen molar-refractivity contribution in [2.24, 2.45) is 0 Å². The number of hydrogen-bond donors (Lipinski definition) is 2. The number of rotatable bonds is 4. The first-order valence-electron chi connectivity index (χ1n) is 5.56. The molecule has 0 aliphatic carbocycles. The summed E-state index contributed by atoms with van der Waals surface area (Å²) in [7, 11) is 0. The molecule has 0 fully saturated rings. The van der Waals surface area contributed by atoms with E-state index in [-0.39, 0.29) is 18.1 Å². The lowest BCUT2D eigenvalue weighted by Crippen LogP contribution is -2.25. The molecule has 0 saturated carbocycles. The number of para-hydroxylation sites is 1. The maximum absolute atomic E-state index is 11.7. The summed E-state index contributed by atoms with van der Waals surface area (Å²) in [6.07, 6.45) is 1.72. The first kappa shape index (κ1) is 12.0. The van der Waals surface area contributed by atoms with Gasteiger partial charge in [0, 0.05) is 11.8 Å². The van der Waals surface area contributed by atoms with E-state index in [1.165, 1.54) is 0 Å². The molecule has 0 saturated heterocycles. The van der Waals surface area contributed by atoms with E-state index in [2.05, 4.69) is 15.5 Å². The second-order valence-electron chi connectivity index (χ2n) is 3.80. The van der Waals surface area contributed by atoms with E-state index in [9.17, 15) is 9.90 Å². The molecule has 92 valence electrons. The zero-order valence-corrected chi connectivity index (χ0v) is 9.71. The Bertz CT molecular complexity index is 529. The molecule has 0 spiro atoms. The first-order chi connectivity index (χ1) is 8.75. The third kappa shape index (κ3) is 3.28. The van der Waals surface area contributed by atoms with Crippen LogP contribution in [0, 0.1) is 0 Å². The van der Waals surface area contributed by atoms with Crippen molar-refractivity contribution in [3.8, 4) is 5.75 Å². The number of nitrogens with one attached hydrogen (secondary N) is 1. The van der Waals surface area contributed by atoms with Gasteiger partial charge in [-0.1, -0.05) is 18.2 Å². The van der Waals surface area contributed by atoms with Gasteiger partial charge in [-0.2, -0.15) is 10.2 Å². The van der Waals surface area contributed by atoms with E-state index < -0.39 is 0 Å². The summed E-state index contributed by atoms with van der Waals surface area (Å²) in [4.78, 5) is 11.7. The highest BCUT2D eigenvalue weighted by atomic mass is 16.3. The Morgan fingerprint density at radius 2 is 2.06 bits per heavy atom. The average Bonchev–Trinajstić information content (AvgIpc) is 2.40. The van der Waals surface area contributed by atoms with Crippen LogP contribution in [0.15, 0.2) is 42.6 Å². The second-order valence-corrected chi connectivity index (χ2v) is 3.80. The van der Waals surface area contributed by atoms with Crippen molar-refractivity contribution >= 4 is 5.91 Å². The molecule has 1 aromatic carbocycles. The lowest BCUT2D eigenvalue weighted by atomic mass is 10.1. The molecule has 1 aromatic heterocycles. The van der Waals surface area contributed by atoms with Gasteiger partial charge >= 0.3 is 0 Å². The van der Waals surface area contributed by atoms with Gasteiger partial charge in [0.05, 0.1) is 18.7 Å². The minimum atomic E-state index is -0.165. The van der Waals surface area contributed by atoms with Gasteiger partial charge in [0.2, 0.25) is 5.91 Å². The van der Waals surface area contributed by atoms with Crippen LogP contribution >= 0.6 is 0 Å². The van der Waals surface area contributed by atoms with Crippen molar-refractivity contribution in [2.75, 3.05) is 0 Å². The van der Waals surface area contributed by atoms with Crippen molar-refractivity contribution in [2.45, 2.75) is 13.0 Å². The molecule has 2 rings (SSSR count). The molecule has 18 heavy (non-hydrogen) atoms. The SMILES string of the molecule is O=C(Cc1ccccc1O)NCc1cccnn1. The number of carbonyl (C=O) groups excluding carboxylic acids is 1. The van der Waals surface area contributed by atoms with Gasteiger partial charge in [0.25, 0.3) is 0 Å². The zero-order valence-electron chi connectivity index (χ0n) is 9.71. The highest BCUT2D eigenvalue weighted by Gasteiger charge is 2.06. The quantitative estimate of drug-likeness (QED) is 0.841. The lowest BCUT2D eigenvalue weighted by Gasteiger charge is -2.05. The number of aromatic hydroxyl groups is 1. The van der Waals surface area contributed by atoms with E-state index >= 15 is 0 Å². The first-order valence-corrected chi connectivity index (χ1v) is 5.56. The average molecular weight is 243 g/mol. The molecular formula is C13H13N3O2. The van der Waals surface area contributed by atoms with Crippen LogP contribution < -0.4 is 5.32 Å². The Labute approximate surface area is 104 Å². The molecule has 1 heterocycles. The Kier molecular flexibility index (Phi) is 3.86. The normalized spacial score (nSPS) is 10.0. The Morgan fingerprint density at radius 1 is 1.22 bits per heavy atom. The van der Waals surface area contributed by atoms with E-state index in [0.29, 0.717) is 17.8 Å². The van der Waals surface area contributed by atoms with Crippen LogP contribution in [0.25, 0.3) is 0 Å². The summed E-state index contributed by atoms with van der Waals surface area (Å²) in [6, 6.07) is 10.3. The molecule has 5 nitrogen and oxygen atoms in total. The summed E-state index contributed by atoms with van der Waals surface area (Å²) >= 11 is 0. The summed E-state index contributed by atoms with van der Waals surface area (Å²) in [5.74, 6) is -0.0331. The maximum Gasteiger partial charge on any atom is 0.224 e. The van der Waals surface area contributed by atoms with Crippen LogP contribution in [0.3, 0.4) is 0 Å². The predicted octanol–water partition coefficient (Wildman–Crippen LogP) is 1.04. The fourth-order valence-corrected chi connectivity index (χ4v) is 1.51. The maximum atomic E-state index is 11.7. The van der Waals surface area contributed by atoms with E-state index in [4.69, 9.17) is 0 Å². The Balaban J connectivity index is 1.88. The minimum absolute atomic E-state index is 0.132. The van der Waals surface area contributed by atoms with Crippen LogP contribution in [-0.4, -0.2) is 21.2 Å². The van der Waals surface area contributed by atoms with Crippen LogP contribution in [0.2, 0.25) is 0 Å². The number of nitrogens with zero attached hydrogens (tertiary/aromatic N) is 2. The molecule has 0 atom stereocenters. The van der Waals surface area contributed by atoms with E-state index in [1.54, 1.807) is 42.6 Å². The topological polar surface area (TPSA) is 75.1 Å². The fraction of sp³-hybridized carbons (Fsp3) is 0.154. The van der Waals surface area contributed by atoms with Crippen molar-refractivity contribution in [1.29, 1.82) is 0 Å². The van der Waals surface area contributed by atoms with Crippen molar-refractivity contribution in [1.82, 2.24) is 15.5 Å². The van der Waals surface area contributed by atoms with Crippen LogP contribution in [-0.2, 0) is 17.8 Å². The van der Waals surface area contributed by atoms with Crippen LogP contribution in [0.5, 0.6) is 5.75 Å². The molecule has 2 N–H and O–H groups in total. The summed E-state index contributed by atoms with van der Waals surface area (Å²) < 4.78 is 0. The van der Waals surface area contributed by atoms with Gasteiger partial charge < -0.3 is 10.4 Å². The van der Waals surface area contributed by atoms with Crippen molar-refractivity contribution < 1.29 is 9.90 Å². The molecule has 1 amide bonds. The molecule has 0 unspecified atom stereocenters. The largest absolute Gasteiger partial charge is 0.508 e. The highest BCUT2D eigenvalue weighted by molar-refractivity contribution is 5.79. The molecule has 5 heteroatoms. The Hall–Kier alpha value is -2.43.